The topological polar surface area (TPSA) is 69.9 Å². The lowest BCUT2D eigenvalue weighted by Crippen LogP contribution is -2.09. The summed E-state index contributed by atoms with van der Waals surface area (Å²) in [5.74, 6) is 0.321. The highest BCUT2D eigenvalue weighted by Crippen LogP contribution is 2.31. The first-order valence-electron chi connectivity index (χ1n) is 8.87. The number of benzene rings is 1. The van der Waals surface area contributed by atoms with Gasteiger partial charge < -0.3 is 4.74 Å². The molecule has 1 aromatic carbocycles. The molecule has 132 valence electrons. The van der Waals surface area contributed by atoms with E-state index in [-0.39, 0.29) is 5.97 Å². The summed E-state index contributed by atoms with van der Waals surface area (Å²) >= 11 is 0. The summed E-state index contributed by atoms with van der Waals surface area (Å²) in [6.07, 6.45) is 7.71. The van der Waals surface area contributed by atoms with Crippen LogP contribution in [0.1, 0.15) is 31.0 Å². The number of esters is 1. The fourth-order valence-electron chi connectivity index (χ4n) is 2.99. The number of fused-ring (bicyclic) bond motifs is 1. The Labute approximate surface area is 151 Å². The maximum Gasteiger partial charge on any atom is 0.338 e. The summed E-state index contributed by atoms with van der Waals surface area (Å²) in [4.78, 5) is 12.7. The standard InChI is InChI=1S/C20H20N4O2/c1-2-26-20(25)17(11-15-9-10-22-24(15)13-14-7-8-14)18-12-21-23-19-6-4-3-5-16(18)19/h3-6,9-12,14H,2,7-8,13H2,1H3. The molecule has 0 saturated heterocycles. The molecule has 0 spiro atoms. The van der Waals surface area contributed by atoms with Crippen LogP contribution in [0.25, 0.3) is 22.6 Å². The molecule has 4 rings (SSSR count). The lowest BCUT2D eigenvalue weighted by atomic mass is 10.0. The maximum absolute atomic E-state index is 12.7. The Hall–Kier alpha value is -3.02. The molecule has 0 bridgehead atoms. The molecule has 2 aromatic heterocycles. The zero-order valence-electron chi connectivity index (χ0n) is 14.6. The minimum Gasteiger partial charge on any atom is -0.462 e. The van der Waals surface area contributed by atoms with E-state index in [2.05, 4.69) is 15.3 Å². The van der Waals surface area contributed by atoms with Gasteiger partial charge in [-0.15, -0.1) is 0 Å². The predicted octanol–water partition coefficient (Wildman–Crippen LogP) is 3.34. The van der Waals surface area contributed by atoms with Crippen LogP contribution in [-0.4, -0.2) is 32.6 Å². The van der Waals surface area contributed by atoms with E-state index in [4.69, 9.17) is 4.74 Å². The first-order valence-corrected chi connectivity index (χ1v) is 8.87. The number of hydrogen-bond donors (Lipinski definition) is 0. The number of ether oxygens (including phenoxy) is 1. The fourth-order valence-corrected chi connectivity index (χ4v) is 2.99. The average Bonchev–Trinajstić information content (AvgIpc) is 3.37. The molecule has 0 radical (unpaired) electrons. The summed E-state index contributed by atoms with van der Waals surface area (Å²) in [7, 11) is 0. The minimum atomic E-state index is -0.371. The maximum atomic E-state index is 12.7. The Morgan fingerprint density at radius 3 is 2.96 bits per heavy atom. The first kappa shape index (κ1) is 16.4. The highest BCUT2D eigenvalue weighted by molar-refractivity contribution is 6.24. The van der Waals surface area contributed by atoms with Crippen LogP contribution in [0, 0.1) is 5.92 Å². The van der Waals surface area contributed by atoms with E-state index in [1.54, 1.807) is 19.3 Å². The molecular weight excluding hydrogens is 328 g/mol. The van der Waals surface area contributed by atoms with Crippen LogP contribution in [0.2, 0.25) is 0 Å². The second kappa shape index (κ2) is 7.07. The molecule has 1 fully saturated rings. The van der Waals surface area contributed by atoms with Crippen LogP contribution in [0.3, 0.4) is 0 Å². The smallest absolute Gasteiger partial charge is 0.338 e. The zero-order valence-corrected chi connectivity index (χ0v) is 14.6. The Kier molecular flexibility index (Phi) is 4.48. The van der Waals surface area contributed by atoms with Crippen molar-refractivity contribution in [3.63, 3.8) is 0 Å². The van der Waals surface area contributed by atoms with E-state index in [1.807, 2.05) is 41.1 Å². The van der Waals surface area contributed by atoms with Crippen LogP contribution in [0.15, 0.2) is 42.7 Å². The molecule has 0 aliphatic heterocycles. The van der Waals surface area contributed by atoms with Gasteiger partial charge in [0.15, 0.2) is 0 Å². The third-order valence-corrected chi connectivity index (χ3v) is 4.50. The second-order valence-corrected chi connectivity index (χ2v) is 6.44. The fraction of sp³-hybridized carbons (Fsp3) is 0.300. The van der Waals surface area contributed by atoms with E-state index >= 15 is 0 Å². The van der Waals surface area contributed by atoms with Crippen LogP contribution in [0.5, 0.6) is 0 Å². The Morgan fingerprint density at radius 2 is 2.15 bits per heavy atom. The Bertz CT molecular complexity index is 967. The lowest BCUT2D eigenvalue weighted by Gasteiger charge is -2.10. The van der Waals surface area contributed by atoms with Crippen molar-refractivity contribution >= 4 is 28.5 Å². The third kappa shape index (κ3) is 3.35. The molecule has 0 amide bonds. The molecule has 0 unspecified atom stereocenters. The predicted molar refractivity (Wildman–Crippen MR) is 99.0 cm³/mol. The summed E-state index contributed by atoms with van der Waals surface area (Å²) < 4.78 is 7.26. The van der Waals surface area contributed by atoms with Gasteiger partial charge in [-0.1, -0.05) is 18.2 Å². The highest BCUT2D eigenvalue weighted by Gasteiger charge is 2.23. The molecule has 6 heteroatoms. The van der Waals surface area contributed by atoms with Crippen molar-refractivity contribution in [2.45, 2.75) is 26.3 Å². The van der Waals surface area contributed by atoms with Crippen molar-refractivity contribution in [3.05, 3.63) is 54.0 Å². The van der Waals surface area contributed by atoms with Gasteiger partial charge in [0, 0.05) is 23.7 Å². The summed E-state index contributed by atoms with van der Waals surface area (Å²) in [6, 6.07) is 9.56. The molecule has 1 aliphatic carbocycles. The lowest BCUT2D eigenvalue weighted by molar-refractivity contribution is -0.136. The monoisotopic (exact) mass is 348 g/mol. The van der Waals surface area contributed by atoms with Gasteiger partial charge in [0.2, 0.25) is 0 Å². The van der Waals surface area contributed by atoms with Crippen molar-refractivity contribution in [2.24, 2.45) is 5.92 Å². The Morgan fingerprint density at radius 1 is 1.31 bits per heavy atom. The van der Waals surface area contributed by atoms with Crippen LogP contribution in [-0.2, 0) is 16.1 Å². The van der Waals surface area contributed by atoms with E-state index in [0.29, 0.717) is 23.7 Å². The molecule has 0 N–H and O–H groups in total. The molecule has 2 heterocycles. The molecule has 26 heavy (non-hydrogen) atoms. The average molecular weight is 348 g/mol. The van der Waals surface area contributed by atoms with Gasteiger partial charge in [-0.2, -0.15) is 15.3 Å². The van der Waals surface area contributed by atoms with Gasteiger partial charge in [-0.3, -0.25) is 4.68 Å². The first-order chi connectivity index (χ1) is 12.8. The molecule has 6 nitrogen and oxygen atoms in total. The van der Waals surface area contributed by atoms with Crippen molar-refractivity contribution in [1.29, 1.82) is 0 Å². The van der Waals surface area contributed by atoms with Gasteiger partial charge in [0.25, 0.3) is 0 Å². The van der Waals surface area contributed by atoms with Crippen LogP contribution < -0.4 is 0 Å². The largest absolute Gasteiger partial charge is 0.462 e. The number of aromatic nitrogens is 4. The van der Waals surface area contributed by atoms with Gasteiger partial charge >= 0.3 is 5.97 Å². The second-order valence-electron chi connectivity index (χ2n) is 6.44. The SMILES string of the molecule is CCOC(=O)C(=Cc1ccnn1CC1CC1)c1cnnc2ccccc12. The van der Waals surface area contributed by atoms with E-state index in [9.17, 15) is 4.79 Å². The van der Waals surface area contributed by atoms with Crippen molar-refractivity contribution in [1.82, 2.24) is 20.0 Å². The molecule has 0 atom stereocenters. The zero-order chi connectivity index (χ0) is 17.9. The summed E-state index contributed by atoms with van der Waals surface area (Å²) in [5.41, 5.74) is 2.82. The highest BCUT2D eigenvalue weighted by atomic mass is 16.5. The van der Waals surface area contributed by atoms with Gasteiger partial charge in [-0.05, 0) is 43.9 Å². The van der Waals surface area contributed by atoms with Crippen molar-refractivity contribution in [3.8, 4) is 0 Å². The molecule has 3 aromatic rings. The number of hydrogen-bond acceptors (Lipinski definition) is 5. The third-order valence-electron chi connectivity index (χ3n) is 4.50. The molecule has 1 aliphatic rings. The van der Waals surface area contributed by atoms with Gasteiger partial charge in [0.1, 0.15) is 0 Å². The summed E-state index contributed by atoms with van der Waals surface area (Å²) in [5, 5.41) is 13.5. The molecular formula is C20H20N4O2. The minimum absolute atomic E-state index is 0.313. The van der Waals surface area contributed by atoms with Gasteiger partial charge in [0.05, 0.1) is 29.6 Å². The van der Waals surface area contributed by atoms with Crippen molar-refractivity contribution < 1.29 is 9.53 Å². The van der Waals surface area contributed by atoms with E-state index < -0.39 is 0 Å². The number of carbonyl (C=O) groups is 1. The van der Waals surface area contributed by atoms with Gasteiger partial charge in [-0.25, -0.2) is 4.79 Å². The number of carbonyl (C=O) groups excluding carboxylic acids is 1. The van der Waals surface area contributed by atoms with Crippen LogP contribution in [0.4, 0.5) is 0 Å². The number of rotatable bonds is 6. The van der Waals surface area contributed by atoms with Crippen molar-refractivity contribution in [2.75, 3.05) is 6.61 Å². The quantitative estimate of drug-likeness (QED) is 0.505. The van der Waals surface area contributed by atoms with E-state index in [0.717, 1.165) is 23.1 Å². The molecule has 1 saturated carbocycles. The Balaban J connectivity index is 1.82. The normalized spacial score (nSPS) is 14.6. The van der Waals surface area contributed by atoms with Crippen LogP contribution >= 0.6 is 0 Å². The summed E-state index contributed by atoms with van der Waals surface area (Å²) in [6.45, 7) is 2.99. The van der Waals surface area contributed by atoms with E-state index in [1.165, 1.54) is 12.8 Å². The number of nitrogens with zero attached hydrogens (tertiary/aromatic N) is 4.